The summed E-state index contributed by atoms with van der Waals surface area (Å²) in [5, 5.41) is -2.76. The first-order chi connectivity index (χ1) is 7.15. The van der Waals surface area contributed by atoms with Gasteiger partial charge in [-0.15, -0.1) is 0 Å². The van der Waals surface area contributed by atoms with E-state index >= 15 is 0 Å². The van der Waals surface area contributed by atoms with Gasteiger partial charge in [0.2, 0.25) is 0 Å². The predicted octanol–water partition coefficient (Wildman–Crippen LogP) is 0.280. The molecule has 1 heterocycles. The van der Waals surface area contributed by atoms with Crippen LogP contribution in [0.4, 0.5) is 26.3 Å². The van der Waals surface area contributed by atoms with E-state index in [1.165, 1.54) is 0 Å². The molecule has 0 N–H and O–H groups in total. The SMILES string of the molecule is O=S1(=O)N([O-])S(=O)(=O)C(F)(F)C(F)(F)C1(F)F. The third kappa shape index (κ3) is 1.23. The smallest absolute Gasteiger partial charge is 0.428 e. The number of hydrogen-bond donors (Lipinski definition) is 0. The van der Waals surface area contributed by atoms with Crippen LogP contribution in [0.1, 0.15) is 0 Å². The normalized spacial score (nSPS) is 33.1. The van der Waals surface area contributed by atoms with E-state index in [4.69, 9.17) is 0 Å². The van der Waals surface area contributed by atoms with Gasteiger partial charge in [-0.1, -0.05) is 0 Å². The maximum atomic E-state index is 12.5. The van der Waals surface area contributed by atoms with Gasteiger partial charge in [-0.2, -0.15) is 30.2 Å². The van der Waals surface area contributed by atoms with E-state index in [1.54, 1.807) is 0 Å². The third-order valence-electron chi connectivity index (χ3n) is 1.77. The summed E-state index contributed by atoms with van der Waals surface area (Å²) in [4.78, 5) is 0. The molecule has 0 aromatic carbocycles. The second-order valence-electron chi connectivity index (χ2n) is 2.78. The number of sulfonamides is 2. The van der Waals surface area contributed by atoms with Gasteiger partial charge in [0.15, 0.2) is 0 Å². The fourth-order valence-corrected chi connectivity index (χ4v) is 3.75. The number of halogens is 6. The molecule has 102 valence electrons. The molecule has 0 spiro atoms. The quantitative estimate of drug-likeness (QED) is 0.599. The summed E-state index contributed by atoms with van der Waals surface area (Å²) >= 11 is 0. The minimum Gasteiger partial charge on any atom is -0.759 e. The molecule has 1 aliphatic rings. The zero-order valence-corrected chi connectivity index (χ0v) is 8.71. The molecule has 17 heavy (non-hydrogen) atoms. The van der Waals surface area contributed by atoms with Gasteiger partial charge in [0, 0.05) is 0 Å². The van der Waals surface area contributed by atoms with Gasteiger partial charge in [-0.05, 0) is 0 Å². The summed E-state index contributed by atoms with van der Waals surface area (Å²) in [7, 11) is -14.0. The molecule has 0 aliphatic carbocycles. The molecule has 1 rings (SSSR count). The van der Waals surface area contributed by atoms with Crippen molar-refractivity contribution in [3.05, 3.63) is 5.21 Å². The molecule has 0 bridgehead atoms. The molecule has 1 fully saturated rings. The Morgan fingerprint density at radius 3 is 1.24 bits per heavy atom. The van der Waals surface area contributed by atoms with Crippen LogP contribution in [-0.2, 0) is 20.0 Å². The topological polar surface area (TPSA) is 94.6 Å². The van der Waals surface area contributed by atoms with Gasteiger partial charge in [0.05, 0.1) is 0 Å². The average Bonchev–Trinajstić information content (AvgIpc) is 2.13. The lowest BCUT2D eigenvalue weighted by atomic mass is 10.3. The average molecular weight is 308 g/mol. The zero-order valence-electron chi connectivity index (χ0n) is 7.07. The zero-order chi connectivity index (χ0) is 14.1. The summed E-state index contributed by atoms with van der Waals surface area (Å²) in [6.45, 7) is 0. The lowest BCUT2D eigenvalue weighted by Crippen LogP contribution is -2.70. The minimum absolute atomic E-state index is 2.70. The van der Waals surface area contributed by atoms with Crippen molar-refractivity contribution in [2.24, 2.45) is 0 Å². The van der Waals surface area contributed by atoms with E-state index in [9.17, 15) is 48.4 Å². The van der Waals surface area contributed by atoms with Gasteiger partial charge in [0.1, 0.15) is 0 Å². The van der Waals surface area contributed by atoms with Crippen LogP contribution in [0, 0.1) is 5.21 Å². The monoisotopic (exact) mass is 308 g/mol. The van der Waals surface area contributed by atoms with E-state index in [0.717, 1.165) is 0 Å². The molecule has 0 unspecified atom stereocenters. The summed E-state index contributed by atoms with van der Waals surface area (Å²) in [5.41, 5.74) is 0. The van der Waals surface area contributed by atoms with Crippen LogP contribution < -0.4 is 0 Å². The summed E-state index contributed by atoms with van der Waals surface area (Å²) in [5.74, 6) is -6.77. The molecular weight excluding hydrogens is 308 g/mol. The van der Waals surface area contributed by atoms with E-state index < -0.39 is 40.4 Å². The van der Waals surface area contributed by atoms with Gasteiger partial charge in [-0.25, -0.2) is 16.8 Å². The Labute approximate surface area is 89.5 Å². The Hall–Kier alpha value is -0.600. The molecular formula is C3F6NO5S2-. The Bertz CT molecular complexity index is 502. The van der Waals surface area contributed by atoms with Crippen LogP contribution >= 0.6 is 0 Å². The second-order valence-corrected chi connectivity index (χ2v) is 6.60. The highest BCUT2D eigenvalue weighted by Crippen LogP contribution is 2.56. The maximum absolute atomic E-state index is 12.5. The highest BCUT2D eigenvalue weighted by Gasteiger charge is 2.87. The van der Waals surface area contributed by atoms with Crippen molar-refractivity contribution in [1.29, 1.82) is 0 Å². The highest BCUT2D eigenvalue weighted by atomic mass is 32.3. The molecule has 0 aromatic heterocycles. The van der Waals surface area contributed by atoms with Crippen LogP contribution in [0.15, 0.2) is 0 Å². The van der Waals surface area contributed by atoms with Crippen molar-refractivity contribution in [1.82, 2.24) is 3.87 Å². The number of hydrogen-bond acceptors (Lipinski definition) is 5. The fraction of sp³-hybridized carbons (Fsp3) is 1.00. The van der Waals surface area contributed by atoms with E-state index in [2.05, 4.69) is 0 Å². The van der Waals surface area contributed by atoms with Crippen molar-refractivity contribution in [3.8, 4) is 0 Å². The molecule has 0 radical (unpaired) electrons. The van der Waals surface area contributed by atoms with E-state index in [1.807, 2.05) is 0 Å². The Kier molecular flexibility index (Phi) is 2.59. The van der Waals surface area contributed by atoms with E-state index in [-0.39, 0.29) is 0 Å². The van der Waals surface area contributed by atoms with Crippen molar-refractivity contribution in [2.45, 2.75) is 16.4 Å². The van der Waals surface area contributed by atoms with E-state index in [0.29, 0.717) is 0 Å². The van der Waals surface area contributed by atoms with Crippen molar-refractivity contribution < 1.29 is 43.2 Å². The van der Waals surface area contributed by atoms with Gasteiger partial charge in [-0.3, -0.25) is 0 Å². The van der Waals surface area contributed by atoms with Crippen molar-refractivity contribution >= 4 is 20.0 Å². The minimum atomic E-state index is -7.00. The highest BCUT2D eigenvalue weighted by molar-refractivity contribution is 8.05. The van der Waals surface area contributed by atoms with Crippen LogP contribution in [-0.4, -0.2) is 37.1 Å². The Balaban J connectivity index is 3.82. The molecule has 1 saturated heterocycles. The molecule has 0 aromatic rings. The van der Waals surface area contributed by atoms with Crippen LogP contribution in [0.3, 0.4) is 0 Å². The lowest BCUT2D eigenvalue weighted by molar-refractivity contribution is -0.248. The summed E-state index contributed by atoms with van der Waals surface area (Å²) in [6.07, 6.45) is 0. The lowest BCUT2D eigenvalue weighted by Gasteiger charge is -2.43. The molecule has 0 saturated carbocycles. The molecule has 1 aliphatic heterocycles. The largest absolute Gasteiger partial charge is 0.759 e. The maximum Gasteiger partial charge on any atom is 0.428 e. The molecule has 0 amide bonds. The summed E-state index contributed by atoms with van der Waals surface area (Å²) in [6, 6.07) is 0. The Morgan fingerprint density at radius 1 is 0.765 bits per heavy atom. The van der Waals surface area contributed by atoms with Gasteiger partial charge >= 0.3 is 16.4 Å². The van der Waals surface area contributed by atoms with Crippen LogP contribution in [0.2, 0.25) is 0 Å². The first kappa shape index (κ1) is 14.5. The summed E-state index contributed by atoms with van der Waals surface area (Å²) < 4.78 is 114. The van der Waals surface area contributed by atoms with Crippen LogP contribution in [0.25, 0.3) is 0 Å². The molecule has 6 nitrogen and oxygen atoms in total. The Morgan fingerprint density at radius 2 is 1.00 bits per heavy atom. The predicted molar refractivity (Wildman–Crippen MR) is 37.9 cm³/mol. The number of nitrogens with zero attached hydrogens (tertiary/aromatic N) is 1. The van der Waals surface area contributed by atoms with Crippen molar-refractivity contribution in [3.63, 3.8) is 0 Å². The molecule has 0 atom stereocenters. The van der Waals surface area contributed by atoms with Gasteiger partial charge < -0.3 is 5.21 Å². The first-order valence-electron chi connectivity index (χ1n) is 3.26. The van der Waals surface area contributed by atoms with Gasteiger partial charge in [0.25, 0.3) is 20.0 Å². The second kappa shape index (κ2) is 3.04. The van der Waals surface area contributed by atoms with Crippen LogP contribution in [0.5, 0.6) is 0 Å². The fourth-order valence-electron chi connectivity index (χ4n) is 0.810. The third-order valence-corrected chi connectivity index (χ3v) is 5.54. The van der Waals surface area contributed by atoms with Crippen molar-refractivity contribution in [2.75, 3.05) is 0 Å². The standard InChI is InChI=1S/C3F6NO5S2/c4-1(5)2(6,7)16(12,13)10(11)17(14,15)3(1,8)9/q-1. The number of rotatable bonds is 0. The number of alkyl halides is 6. The molecule has 14 heteroatoms. The first-order valence-corrected chi connectivity index (χ1v) is 6.14.